The summed E-state index contributed by atoms with van der Waals surface area (Å²) in [6.45, 7) is 4.27. The predicted molar refractivity (Wildman–Crippen MR) is 84.0 cm³/mol. The van der Waals surface area contributed by atoms with Gasteiger partial charge in [-0.15, -0.1) is 11.3 Å². The molecule has 1 aromatic heterocycles. The quantitative estimate of drug-likeness (QED) is 0.723. The summed E-state index contributed by atoms with van der Waals surface area (Å²) in [6.07, 6.45) is 0. The Labute approximate surface area is 130 Å². The van der Waals surface area contributed by atoms with Crippen LogP contribution in [0.15, 0.2) is 28.7 Å². The average molecular weight is 360 g/mol. The van der Waals surface area contributed by atoms with Gasteiger partial charge in [0.25, 0.3) is 0 Å². The highest BCUT2D eigenvalue weighted by molar-refractivity contribution is 9.10. The maximum absolute atomic E-state index is 13.9. The molecule has 0 bridgehead atoms. The molecule has 0 saturated carbocycles. The molecule has 1 heterocycles. The monoisotopic (exact) mass is 359 g/mol. The second-order valence-electron chi connectivity index (χ2n) is 4.96. The van der Waals surface area contributed by atoms with Gasteiger partial charge in [-0.3, -0.25) is 0 Å². The molecule has 1 unspecified atom stereocenters. The van der Waals surface area contributed by atoms with E-state index in [1.54, 1.807) is 0 Å². The molecule has 2 aromatic rings. The van der Waals surface area contributed by atoms with Gasteiger partial charge in [-0.25, -0.2) is 8.78 Å². The van der Waals surface area contributed by atoms with Gasteiger partial charge in [-0.1, -0.05) is 13.8 Å². The molecule has 0 aliphatic carbocycles. The minimum Gasteiger partial charge on any atom is -0.312 e. The maximum atomic E-state index is 13.9. The van der Waals surface area contributed by atoms with E-state index in [0.29, 0.717) is 11.5 Å². The first-order valence-electron chi connectivity index (χ1n) is 6.36. The van der Waals surface area contributed by atoms with Crippen LogP contribution in [-0.2, 0) is 0 Å². The average Bonchev–Trinajstić information content (AvgIpc) is 2.83. The molecule has 1 atom stereocenters. The van der Waals surface area contributed by atoms with Crippen molar-refractivity contribution in [3.05, 3.63) is 45.2 Å². The van der Waals surface area contributed by atoms with Crippen LogP contribution < -0.4 is 5.32 Å². The number of halogens is 3. The number of nitrogens with one attached hydrogen (secondary N) is 1. The van der Waals surface area contributed by atoms with E-state index in [2.05, 4.69) is 35.1 Å². The third-order valence-corrected chi connectivity index (χ3v) is 5.00. The van der Waals surface area contributed by atoms with Gasteiger partial charge in [-0.05, 0) is 47.1 Å². The molecule has 5 heteroatoms. The third kappa shape index (κ3) is 3.10. The Morgan fingerprint density at radius 2 is 1.85 bits per heavy atom. The summed E-state index contributed by atoms with van der Waals surface area (Å²) in [6, 6.07) is 6.52. The molecule has 1 N–H and O–H groups in total. The fraction of sp³-hybridized carbons (Fsp3) is 0.333. The lowest BCUT2D eigenvalue weighted by Gasteiger charge is -2.18. The highest BCUT2D eigenvalue weighted by Crippen LogP contribution is 2.36. The van der Waals surface area contributed by atoms with E-state index < -0.39 is 11.6 Å². The second kappa shape index (κ2) is 6.33. The zero-order valence-corrected chi connectivity index (χ0v) is 13.9. The van der Waals surface area contributed by atoms with Crippen molar-refractivity contribution >= 4 is 27.3 Å². The van der Waals surface area contributed by atoms with Gasteiger partial charge < -0.3 is 5.32 Å². The molecular weight excluding hydrogens is 344 g/mol. The largest absolute Gasteiger partial charge is 0.312 e. The molecule has 20 heavy (non-hydrogen) atoms. The Kier molecular flexibility index (Phi) is 4.94. The lowest BCUT2D eigenvalue weighted by atomic mass is 10.0. The van der Waals surface area contributed by atoms with Crippen molar-refractivity contribution in [2.75, 3.05) is 7.05 Å². The van der Waals surface area contributed by atoms with E-state index in [1.807, 2.05) is 19.2 Å². The van der Waals surface area contributed by atoms with Crippen molar-refractivity contribution in [2.45, 2.75) is 19.9 Å². The number of benzene rings is 1. The van der Waals surface area contributed by atoms with Gasteiger partial charge in [0.1, 0.15) is 11.6 Å². The molecule has 2 rings (SSSR count). The SMILES string of the molecule is CNC(c1ccc(-c2cc(Br)c(F)cc2F)s1)C(C)C. The molecular formula is C15H16BrF2NS. The fourth-order valence-electron chi connectivity index (χ4n) is 2.18. The van der Waals surface area contributed by atoms with Crippen LogP contribution in [0.25, 0.3) is 10.4 Å². The minimum atomic E-state index is -0.585. The zero-order valence-electron chi connectivity index (χ0n) is 11.5. The van der Waals surface area contributed by atoms with Crippen LogP contribution in [0.5, 0.6) is 0 Å². The molecule has 0 spiro atoms. The summed E-state index contributed by atoms with van der Waals surface area (Å²) < 4.78 is 27.4. The van der Waals surface area contributed by atoms with Gasteiger partial charge in [0.05, 0.1) is 4.47 Å². The Hall–Kier alpha value is -0.780. The first kappa shape index (κ1) is 15.6. The van der Waals surface area contributed by atoms with Crippen LogP contribution in [0.2, 0.25) is 0 Å². The Balaban J connectivity index is 2.41. The minimum absolute atomic E-state index is 0.237. The lowest BCUT2D eigenvalue weighted by Crippen LogP contribution is -2.20. The van der Waals surface area contributed by atoms with Gasteiger partial charge in [-0.2, -0.15) is 0 Å². The van der Waals surface area contributed by atoms with Crippen LogP contribution >= 0.6 is 27.3 Å². The summed E-state index contributed by atoms with van der Waals surface area (Å²) in [5.41, 5.74) is 0.424. The smallest absolute Gasteiger partial charge is 0.140 e. The predicted octanol–water partition coefficient (Wildman–Crippen LogP) is 5.37. The Morgan fingerprint density at radius 1 is 1.15 bits per heavy atom. The fourth-order valence-corrected chi connectivity index (χ4v) is 3.83. The van der Waals surface area contributed by atoms with Crippen molar-refractivity contribution < 1.29 is 8.78 Å². The lowest BCUT2D eigenvalue weighted by molar-refractivity contribution is 0.449. The topological polar surface area (TPSA) is 12.0 Å². The molecule has 0 radical (unpaired) electrons. The summed E-state index contributed by atoms with van der Waals surface area (Å²) in [5.74, 6) is -0.681. The van der Waals surface area contributed by atoms with Crippen LogP contribution in [0, 0.1) is 17.6 Å². The van der Waals surface area contributed by atoms with Crippen molar-refractivity contribution in [1.29, 1.82) is 0 Å². The zero-order chi connectivity index (χ0) is 14.9. The van der Waals surface area contributed by atoms with E-state index in [0.717, 1.165) is 15.8 Å². The van der Waals surface area contributed by atoms with Crippen LogP contribution in [0.4, 0.5) is 8.78 Å². The highest BCUT2D eigenvalue weighted by atomic mass is 79.9. The van der Waals surface area contributed by atoms with Gasteiger partial charge in [0.15, 0.2) is 0 Å². The van der Waals surface area contributed by atoms with Crippen molar-refractivity contribution in [3.63, 3.8) is 0 Å². The molecule has 0 saturated heterocycles. The summed E-state index contributed by atoms with van der Waals surface area (Å²) in [4.78, 5) is 1.96. The standard InChI is InChI=1S/C15H16BrF2NS/c1-8(2)15(19-3)14-5-4-13(20-14)9-6-10(16)12(18)7-11(9)17/h4-8,15,19H,1-3H3. The Bertz CT molecular complexity index is 610. The van der Waals surface area contributed by atoms with E-state index >= 15 is 0 Å². The van der Waals surface area contributed by atoms with Crippen LogP contribution in [0.1, 0.15) is 24.8 Å². The van der Waals surface area contributed by atoms with E-state index in [-0.39, 0.29) is 10.5 Å². The molecule has 0 amide bonds. The highest BCUT2D eigenvalue weighted by Gasteiger charge is 2.18. The van der Waals surface area contributed by atoms with E-state index in [1.165, 1.54) is 17.4 Å². The number of hydrogen-bond donors (Lipinski definition) is 1. The van der Waals surface area contributed by atoms with Crippen molar-refractivity contribution in [1.82, 2.24) is 5.32 Å². The number of thiophene rings is 1. The van der Waals surface area contributed by atoms with E-state index in [9.17, 15) is 8.78 Å². The number of rotatable bonds is 4. The molecule has 108 valence electrons. The van der Waals surface area contributed by atoms with E-state index in [4.69, 9.17) is 0 Å². The summed E-state index contributed by atoms with van der Waals surface area (Å²) >= 11 is 4.63. The van der Waals surface area contributed by atoms with Crippen molar-refractivity contribution in [3.8, 4) is 10.4 Å². The normalized spacial score (nSPS) is 12.9. The molecule has 1 nitrogen and oxygen atoms in total. The van der Waals surface area contributed by atoms with Gasteiger partial charge in [0.2, 0.25) is 0 Å². The second-order valence-corrected chi connectivity index (χ2v) is 6.93. The van der Waals surface area contributed by atoms with Gasteiger partial charge >= 0.3 is 0 Å². The summed E-state index contributed by atoms with van der Waals surface area (Å²) in [5, 5.41) is 3.27. The maximum Gasteiger partial charge on any atom is 0.140 e. The molecule has 0 fully saturated rings. The molecule has 0 aliphatic rings. The number of hydrogen-bond acceptors (Lipinski definition) is 2. The Morgan fingerprint density at radius 3 is 2.45 bits per heavy atom. The third-order valence-electron chi connectivity index (χ3n) is 3.19. The van der Waals surface area contributed by atoms with Gasteiger partial charge in [0, 0.05) is 27.4 Å². The first-order valence-corrected chi connectivity index (χ1v) is 7.97. The summed E-state index contributed by atoms with van der Waals surface area (Å²) in [7, 11) is 1.92. The molecule has 0 aliphatic heterocycles. The molecule has 1 aromatic carbocycles. The van der Waals surface area contributed by atoms with Crippen molar-refractivity contribution in [2.24, 2.45) is 5.92 Å². The van der Waals surface area contributed by atoms with Crippen LogP contribution in [-0.4, -0.2) is 7.05 Å². The first-order chi connectivity index (χ1) is 9.43. The van der Waals surface area contributed by atoms with Crippen LogP contribution in [0.3, 0.4) is 0 Å².